The number of carbonyl (C=O) groups is 1. The Morgan fingerprint density at radius 3 is 0.985 bits per heavy atom. The van der Waals surface area contributed by atoms with Gasteiger partial charge in [0.25, 0.3) is 5.91 Å². The first-order valence-corrected chi connectivity index (χ1v) is 19.1. The lowest BCUT2D eigenvalue weighted by Gasteiger charge is -2.10. The van der Waals surface area contributed by atoms with Crippen molar-refractivity contribution < 1.29 is 57.5 Å². The van der Waals surface area contributed by atoms with Gasteiger partial charge in [-0.15, -0.1) is 0 Å². The third-order valence-corrected chi connectivity index (χ3v) is 10.7. The number of nitrogens with zero attached hydrogens (tertiary/aromatic N) is 2. The second-order valence-electron chi connectivity index (χ2n) is 14.9. The van der Waals surface area contributed by atoms with Crippen molar-refractivity contribution in [3.63, 3.8) is 0 Å². The maximum Gasteiger partial charge on any atom is 0.416 e. The molecule has 328 valence electrons. The van der Waals surface area contributed by atoms with Crippen LogP contribution in [0.4, 0.5) is 58.5 Å². The van der Waals surface area contributed by atoms with Crippen molar-refractivity contribution in [2.24, 2.45) is 0 Å². The number of H-pyrrole nitrogens is 2. The predicted octanol–water partition coefficient (Wildman–Crippen LogP) is 14.5. The van der Waals surface area contributed by atoms with E-state index >= 15 is 0 Å². The molecule has 2 aliphatic heterocycles. The Morgan fingerprint density at radius 2 is 0.646 bits per heavy atom. The van der Waals surface area contributed by atoms with Crippen LogP contribution in [0.1, 0.15) is 44.1 Å². The first kappa shape index (κ1) is 42.7. The number of amides is 1. The number of halogens is 12. The van der Waals surface area contributed by atoms with E-state index in [1.807, 2.05) is 0 Å². The molecule has 9 rings (SSSR count). The molecule has 0 saturated heterocycles. The van der Waals surface area contributed by atoms with Crippen molar-refractivity contribution >= 4 is 45.9 Å². The molecule has 65 heavy (non-hydrogen) atoms. The first-order chi connectivity index (χ1) is 30.6. The van der Waals surface area contributed by atoms with E-state index in [1.165, 1.54) is 60.7 Å². The molecule has 6 nitrogen and oxygen atoms in total. The molecule has 4 aromatic carbocycles. The highest BCUT2D eigenvalue weighted by Gasteiger charge is 2.34. The number of fused-ring (bicyclic) bond motifs is 8. The average Bonchev–Trinajstić information content (AvgIpc) is 4.08. The van der Waals surface area contributed by atoms with Crippen LogP contribution in [0, 0.1) is 0 Å². The molecule has 8 bridgehead atoms. The molecule has 0 atom stereocenters. The minimum absolute atomic E-state index is 0.0237. The van der Waals surface area contributed by atoms with Gasteiger partial charge in [-0.25, -0.2) is 9.97 Å². The normalized spacial score (nSPS) is 13.3. The SMILES string of the molecule is O=C1Nc2nc1c(-c1ccc(C(F)(F)F)cc1)c1ccc([nH]1)c(-c1ccc(C(F)(F)F)cc1)c1nc(c(-c3ccc(C(F)(F)F)cc3)c3ccc([nH]3)c2-c2ccc(C(F)(F)F)cc2)C=C1. The molecule has 2 aliphatic rings. The van der Waals surface area contributed by atoms with Crippen molar-refractivity contribution in [3.05, 3.63) is 161 Å². The molecule has 0 radical (unpaired) electrons. The zero-order valence-corrected chi connectivity index (χ0v) is 32.5. The van der Waals surface area contributed by atoms with E-state index in [0.717, 1.165) is 72.8 Å². The molecule has 0 fully saturated rings. The average molecular weight is 904 g/mol. The number of carbonyl (C=O) groups excluding carboxylic acids is 1. The molecular formula is C47H25F12N5O. The number of benzene rings is 4. The van der Waals surface area contributed by atoms with E-state index in [9.17, 15) is 57.5 Å². The van der Waals surface area contributed by atoms with Crippen molar-refractivity contribution in [2.75, 3.05) is 5.32 Å². The topological polar surface area (TPSA) is 86.5 Å². The monoisotopic (exact) mass is 903 g/mol. The number of anilines is 1. The molecule has 5 heterocycles. The summed E-state index contributed by atoms with van der Waals surface area (Å²) in [6.07, 6.45) is -15.8. The molecule has 0 saturated carbocycles. The summed E-state index contributed by atoms with van der Waals surface area (Å²) in [7, 11) is 0. The Balaban J connectivity index is 1.43. The van der Waals surface area contributed by atoms with Crippen LogP contribution in [-0.4, -0.2) is 25.8 Å². The van der Waals surface area contributed by atoms with Gasteiger partial charge in [0.2, 0.25) is 0 Å². The number of aromatic amines is 2. The van der Waals surface area contributed by atoms with Gasteiger partial charge >= 0.3 is 24.7 Å². The minimum Gasteiger partial charge on any atom is -0.354 e. The maximum absolute atomic E-state index is 14.1. The summed E-state index contributed by atoms with van der Waals surface area (Å²) in [5.74, 6) is -1.05. The van der Waals surface area contributed by atoms with Crippen LogP contribution >= 0.6 is 0 Å². The number of alkyl halides is 12. The summed E-state index contributed by atoms with van der Waals surface area (Å²) >= 11 is 0. The summed E-state index contributed by atoms with van der Waals surface area (Å²) in [5.41, 5.74) is -2.10. The van der Waals surface area contributed by atoms with Crippen LogP contribution in [0.3, 0.4) is 0 Å². The van der Waals surface area contributed by atoms with E-state index in [-0.39, 0.29) is 89.5 Å². The van der Waals surface area contributed by atoms with Gasteiger partial charge < -0.3 is 15.3 Å². The van der Waals surface area contributed by atoms with E-state index in [0.29, 0.717) is 0 Å². The molecule has 3 aromatic heterocycles. The molecule has 1 amide bonds. The highest BCUT2D eigenvalue weighted by atomic mass is 19.4. The highest BCUT2D eigenvalue weighted by molar-refractivity contribution is 6.14. The van der Waals surface area contributed by atoms with Gasteiger partial charge in [-0.1, -0.05) is 48.5 Å². The molecule has 0 unspecified atom stereocenters. The second-order valence-corrected chi connectivity index (χ2v) is 14.9. The smallest absolute Gasteiger partial charge is 0.354 e. The van der Waals surface area contributed by atoms with Gasteiger partial charge in [0.1, 0.15) is 11.5 Å². The number of rotatable bonds is 4. The number of hydrogen-bond donors (Lipinski definition) is 3. The quantitative estimate of drug-likeness (QED) is 0.154. The number of aromatic nitrogens is 4. The lowest BCUT2D eigenvalue weighted by molar-refractivity contribution is -0.138. The van der Waals surface area contributed by atoms with Crippen LogP contribution in [0.5, 0.6) is 0 Å². The zero-order valence-electron chi connectivity index (χ0n) is 32.5. The standard InChI is InChI=1S/C47H25F12N5O/c48-44(49,50)27-9-1-23(2-10-27)37-31-17-18-32(60-31)38(24-3-11-28(12-4-24)45(51,52)53)34-20-22-36(62-34)40(26-7-15-30(16-8-26)47(57,58)59)42-63-41(43(65)64-42)39(35-21-19-33(37)61-35)25-5-13-29(14-6-25)46(54,55)56/h1-22,61-62H,(H,63,64,65). The van der Waals surface area contributed by atoms with Crippen LogP contribution in [0.25, 0.3) is 78.7 Å². The largest absolute Gasteiger partial charge is 0.416 e. The fourth-order valence-electron chi connectivity index (χ4n) is 7.69. The summed E-state index contributed by atoms with van der Waals surface area (Å²) in [5, 5.41) is 2.65. The number of nitrogens with one attached hydrogen (secondary N) is 3. The van der Waals surface area contributed by atoms with Gasteiger partial charge in [-0.3, -0.25) is 4.79 Å². The summed E-state index contributed by atoms with van der Waals surface area (Å²) in [4.78, 5) is 29.9. The molecular weight excluding hydrogens is 879 g/mol. The Kier molecular flexibility index (Phi) is 10.0. The van der Waals surface area contributed by atoms with Crippen molar-refractivity contribution in [2.45, 2.75) is 24.7 Å². The summed E-state index contributed by atoms with van der Waals surface area (Å²) < 4.78 is 165. The van der Waals surface area contributed by atoms with E-state index in [1.54, 1.807) is 0 Å². The Hall–Kier alpha value is -7.63. The minimum atomic E-state index is -4.73. The third kappa shape index (κ3) is 8.11. The molecule has 0 spiro atoms. The van der Waals surface area contributed by atoms with Gasteiger partial charge in [0.15, 0.2) is 0 Å². The predicted molar refractivity (Wildman–Crippen MR) is 220 cm³/mol. The van der Waals surface area contributed by atoms with E-state index < -0.39 is 52.9 Å². The van der Waals surface area contributed by atoms with Gasteiger partial charge in [0.05, 0.1) is 39.2 Å². The van der Waals surface area contributed by atoms with Crippen LogP contribution in [-0.2, 0) is 24.7 Å². The summed E-state index contributed by atoms with van der Waals surface area (Å²) in [6.45, 7) is 0. The fourth-order valence-corrected chi connectivity index (χ4v) is 7.69. The van der Waals surface area contributed by atoms with Crippen molar-refractivity contribution in [3.8, 4) is 44.5 Å². The molecule has 0 aliphatic carbocycles. The van der Waals surface area contributed by atoms with Crippen LogP contribution < -0.4 is 5.32 Å². The third-order valence-electron chi connectivity index (χ3n) is 10.7. The molecule has 3 N–H and O–H groups in total. The van der Waals surface area contributed by atoms with Gasteiger partial charge in [-0.05, 0) is 107 Å². The van der Waals surface area contributed by atoms with Gasteiger partial charge in [0, 0.05) is 38.8 Å². The van der Waals surface area contributed by atoms with Crippen molar-refractivity contribution in [1.29, 1.82) is 0 Å². The lowest BCUT2D eigenvalue weighted by atomic mass is 10.0. The van der Waals surface area contributed by atoms with Crippen LogP contribution in [0.2, 0.25) is 0 Å². The Bertz CT molecular complexity index is 3210. The lowest BCUT2D eigenvalue weighted by Crippen LogP contribution is -2.07. The van der Waals surface area contributed by atoms with E-state index in [4.69, 9.17) is 4.98 Å². The number of hydrogen-bond acceptors (Lipinski definition) is 3. The maximum atomic E-state index is 14.1. The highest BCUT2D eigenvalue weighted by Crippen LogP contribution is 2.42. The second kappa shape index (κ2) is 15.3. The summed E-state index contributed by atoms with van der Waals surface area (Å²) in [6, 6.07) is 22.0. The zero-order chi connectivity index (χ0) is 46.2. The fraction of sp³-hybridized carbons (Fsp3) is 0.0851. The first-order valence-electron chi connectivity index (χ1n) is 19.1. The van der Waals surface area contributed by atoms with Crippen molar-refractivity contribution in [1.82, 2.24) is 19.9 Å². The van der Waals surface area contributed by atoms with E-state index in [2.05, 4.69) is 20.3 Å². The Labute approximate surface area is 358 Å². The Morgan fingerprint density at radius 1 is 0.354 bits per heavy atom. The van der Waals surface area contributed by atoms with Gasteiger partial charge in [-0.2, -0.15) is 52.7 Å². The molecule has 7 aromatic rings. The van der Waals surface area contributed by atoms with Crippen LogP contribution in [0.15, 0.2) is 121 Å². The molecule has 18 heteroatoms.